The number of carbonyl (C=O) groups is 2. The number of nitrogens with one attached hydrogen (secondary N) is 1. The van der Waals surface area contributed by atoms with Crippen LogP contribution in [0.5, 0.6) is 0 Å². The predicted molar refractivity (Wildman–Crippen MR) is 145 cm³/mol. The molecule has 2 aromatic carbocycles. The van der Waals surface area contributed by atoms with Crippen LogP contribution < -0.4 is 5.32 Å². The molecule has 2 amide bonds. The molecule has 11 heteroatoms. The highest BCUT2D eigenvalue weighted by atomic mass is 32.2. The van der Waals surface area contributed by atoms with E-state index in [9.17, 15) is 22.8 Å². The van der Waals surface area contributed by atoms with Crippen LogP contribution in [0, 0.1) is 0 Å². The molecule has 190 valence electrons. The largest absolute Gasteiger partial charge is 0.416 e. The molecule has 0 spiro atoms. The second-order valence-corrected chi connectivity index (χ2v) is 10.7. The van der Waals surface area contributed by atoms with E-state index in [1.807, 2.05) is 36.4 Å². The molecule has 5 nitrogen and oxygen atoms in total. The van der Waals surface area contributed by atoms with Gasteiger partial charge in [0.2, 0.25) is 5.91 Å². The Hall–Kier alpha value is -3.28. The van der Waals surface area contributed by atoms with Gasteiger partial charge >= 0.3 is 6.18 Å². The fourth-order valence-corrected chi connectivity index (χ4v) is 5.54. The topological polar surface area (TPSA) is 62.3 Å². The molecule has 1 N–H and O–H groups in total. The number of rotatable bonds is 8. The van der Waals surface area contributed by atoms with Gasteiger partial charge in [0.25, 0.3) is 5.91 Å². The molecule has 1 aromatic heterocycles. The maximum atomic E-state index is 12.9. The number of thioether (sulfide) groups is 1. The van der Waals surface area contributed by atoms with Crippen LogP contribution in [-0.4, -0.2) is 32.6 Å². The van der Waals surface area contributed by atoms with Gasteiger partial charge < -0.3 is 5.32 Å². The number of benzene rings is 2. The van der Waals surface area contributed by atoms with E-state index in [-0.39, 0.29) is 31.2 Å². The fraction of sp³-hybridized carbons (Fsp3) is 0.154. The molecule has 1 fully saturated rings. The van der Waals surface area contributed by atoms with Crippen LogP contribution in [0.4, 0.5) is 18.3 Å². The summed E-state index contributed by atoms with van der Waals surface area (Å²) in [6.45, 7) is 0.124. The van der Waals surface area contributed by atoms with Crippen molar-refractivity contribution in [3.63, 3.8) is 0 Å². The number of anilines is 1. The molecule has 1 aliphatic heterocycles. The quantitative estimate of drug-likeness (QED) is 0.251. The van der Waals surface area contributed by atoms with Crippen LogP contribution in [-0.2, 0) is 22.2 Å². The molecular formula is C26H20F3N3O2S3. The lowest BCUT2D eigenvalue weighted by molar-refractivity contribution is -0.137. The van der Waals surface area contributed by atoms with Crippen molar-refractivity contribution in [3.05, 3.63) is 99.4 Å². The Morgan fingerprint density at radius 3 is 2.68 bits per heavy atom. The standard InChI is InChI=1S/C26H20F3N3O2S3/c27-26(28,29)19-10-4-9-18(14-19)15-20-16-30-24(36-20)31-22(33)12-13-32-23(34)21(37-25(32)35)11-5-8-17-6-2-1-3-7-17/h1-11,14,16H,12-13,15H2,(H,30,31,33). The molecule has 0 unspecified atom stereocenters. The summed E-state index contributed by atoms with van der Waals surface area (Å²) < 4.78 is 39.2. The monoisotopic (exact) mass is 559 g/mol. The van der Waals surface area contributed by atoms with Gasteiger partial charge in [0, 0.05) is 30.5 Å². The fourth-order valence-electron chi connectivity index (χ4n) is 3.42. The van der Waals surface area contributed by atoms with Gasteiger partial charge in [-0.1, -0.05) is 84.7 Å². The summed E-state index contributed by atoms with van der Waals surface area (Å²) >= 11 is 7.68. The molecule has 0 saturated carbocycles. The van der Waals surface area contributed by atoms with Gasteiger partial charge in [-0.05, 0) is 23.3 Å². The van der Waals surface area contributed by atoms with Crippen molar-refractivity contribution >= 4 is 62.7 Å². The van der Waals surface area contributed by atoms with E-state index in [0.29, 0.717) is 24.8 Å². The van der Waals surface area contributed by atoms with Gasteiger partial charge in [0.05, 0.1) is 10.5 Å². The van der Waals surface area contributed by atoms with Crippen LogP contribution >= 0.6 is 35.3 Å². The molecule has 0 atom stereocenters. The SMILES string of the molecule is O=C(CCN1C(=O)C(=CC=Cc2ccccc2)SC1=S)Nc1ncc(Cc2cccc(C(F)(F)F)c2)s1. The lowest BCUT2D eigenvalue weighted by atomic mass is 10.1. The minimum Gasteiger partial charge on any atom is -0.302 e. The predicted octanol–water partition coefficient (Wildman–Crippen LogP) is 6.54. The Kier molecular flexibility index (Phi) is 8.57. The summed E-state index contributed by atoms with van der Waals surface area (Å²) in [5, 5.41) is 3.01. The van der Waals surface area contributed by atoms with Crippen LogP contribution in [0.15, 0.2) is 77.9 Å². The van der Waals surface area contributed by atoms with Crippen molar-refractivity contribution in [1.82, 2.24) is 9.88 Å². The lowest BCUT2D eigenvalue weighted by Crippen LogP contribution is -2.31. The number of hydrogen-bond donors (Lipinski definition) is 1. The van der Waals surface area contributed by atoms with E-state index in [2.05, 4.69) is 10.3 Å². The third kappa shape index (κ3) is 7.37. The zero-order chi connectivity index (χ0) is 26.4. The molecule has 1 aliphatic rings. The van der Waals surface area contributed by atoms with Gasteiger partial charge in [0.1, 0.15) is 4.32 Å². The van der Waals surface area contributed by atoms with Crippen molar-refractivity contribution in [3.8, 4) is 0 Å². The number of halogens is 3. The van der Waals surface area contributed by atoms with Crippen LogP contribution in [0.25, 0.3) is 6.08 Å². The summed E-state index contributed by atoms with van der Waals surface area (Å²) in [5.41, 5.74) is 0.796. The first kappa shape index (κ1) is 26.8. The van der Waals surface area contributed by atoms with E-state index in [4.69, 9.17) is 12.2 Å². The van der Waals surface area contributed by atoms with Gasteiger partial charge in [-0.25, -0.2) is 4.98 Å². The minimum atomic E-state index is -4.41. The van der Waals surface area contributed by atoms with E-state index in [1.54, 1.807) is 18.2 Å². The third-order valence-electron chi connectivity index (χ3n) is 5.20. The molecule has 0 bridgehead atoms. The van der Waals surface area contributed by atoms with Crippen molar-refractivity contribution in [2.24, 2.45) is 0 Å². The normalized spacial score (nSPS) is 15.2. The number of aromatic nitrogens is 1. The highest BCUT2D eigenvalue weighted by molar-refractivity contribution is 8.26. The van der Waals surface area contributed by atoms with Gasteiger partial charge in [0.15, 0.2) is 5.13 Å². The first-order valence-electron chi connectivity index (χ1n) is 11.1. The first-order chi connectivity index (χ1) is 17.7. The summed E-state index contributed by atoms with van der Waals surface area (Å²) in [7, 11) is 0. The number of hydrogen-bond acceptors (Lipinski definition) is 6. The molecule has 0 aliphatic carbocycles. The van der Waals surface area contributed by atoms with Gasteiger partial charge in [-0.3, -0.25) is 14.5 Å². The average Bonchev–Trinajstić information content (AvgIpc) is 3.40. The van der Waals surface area contributed by atoms with Gasteiger partial charge in [-0.2, -0.15) is 13.2 Å². The second-order valence-electron chi connectivity index (χ2n) is 7.93. The Labute approximate surface area is 225 Å². The smallest absolute Gasteiger partial charge is 0.302 e. The Morgan fingerprint density at radius 2 is 1.92 bits per heavy atom. The molecule has 1 saturated heterocycles. The number of alkyl halides is 3. The highest BCUT2D eigenvalue weighted by Gasteiger charge is 2.32. The van der Waals surface area contributed by atoms with E-state index >= 15 is 0 Å². The van der Waals surface area contributed by atoms with Crippen molar-refractivity contribution in [1.29, 1.82) is 0 Å². The number of thiazole rings is 1. The van der Waals surface area contributed by atoms with Crippen molar-refractivity contribution in [2.75, 3.05) is 11.9 Å². The lowest BCUT2D eigenvalue weighted by Gasteiger charge is -2.13. The number of nitrogens with zero attached hydrogens (tertiary/aromatic N) is 2. The van der Waals surface area contributed by atoms with E-state index < -0.39 is 11.7 Å². The zero-order valence-corrected chi connectivity index (χ0v) is 21.6. The maximum Gasteiger partial charge on any atom is 0.416 e. The Morgan fingerprint density at radius 1 is 1.14 bits per heavy atom. The van der Waals surface area contributed by atoms with Gasteiger partial charge in [-0.15, -0.1) is 11.3 Å². The van der Waals surface area contributed by atoms with E-state index in [1.165, 1.54) is 40.3 Å². The molecule has 4 rings (SSSR count). The van der Waals surface area contributed by atoms with Crippen molar-refractivity contribution < 1.29 is 22.8 Å². The number of allylic oxidation sites excluding steroid dienone is 2. The summed E-state index contributed by atoms with van der Waals surface area (Å²) in [4.78, 5) is 31.9. The second kappa shape index (κ2) is 11.8. The zero-order valence-electron chi connectivity index (χ0n) is 19.2. The Bertz CT molecular complexity index is 1370. The highest BCUT2D eigenvalue weighted by Crippen LogP contribution is 2.32. The van der Waals surface area contributed by atoms with Crippen molar-refractivity contribution in [2.45, 2.75) is 19.0 Å². The van der Waals surface area contributed by atoms with E-state index in [0.717, 1.165) is 17.7 Å². The molecule has 3 aromatic rings. The minimum absolute atomic E-state index is 0.0160. The summed E-state index contributed by atoms with van der Waals surface area (Å²) in [6, 6.07) is 14.8. The summed E-state index contributed by atoms with van der Waals surface area (Å²) in [5.74, 6) is -0.597. The van der Waals surface area contributed by atoms with Crippen LogP contribution in [0.3, 0.4) is 0 Å². The first-order valence-corrected chi connectivity index (χ1v) is 13.1. The number of amides is 2. The molecule has 2 heterocycles. The van der Waals surface area contributed by atoms with Crippen LogP contribution in [0.2, 0.25) is 0 Å². The average molecular weight is 560 g/mol. The molecule has 0 radical (unpaired) electrons. The summed E-state index contributed by atoms with van der Waals surface area (Å²) in [6.07, 6.45) is 2.77. The maximum absolute atomic E-state index is 12.9. The number of carbonyl (C=O) groups excluding carboxylic acids is 2. The molecule has 37 heavy (non-hydrogen) atoms. The third-order valence-corrected chi connectivity index (χ3v) is 7.51. The number of thiocarbonyl (C=S) groups is 1. The van der Waals surface area contributed by atoms with Crippen LogP contribution in [0.1, 0.15) is 28.0 Å². The molecular weight excluding hydrogens is 540 g/mol. The Balaban J connectivity index is 1.28.